The van der Waals surface area contributed by atoms with E-state index >= 15 is 0 Å². The van der Waals surface area contributed by atoms with Crippen LogP contribution in [0, 0.1) is 0 Å². The fourth-order valence-electron chi connectivity index (χ4n) is 2.63. The van der Waals surface area contributed by atoms with Crippen molar-refractivity contribution in [2.24, 2.45) is 0 Å². The molecule has 146 valence electrons. The van der Waals surface area contributed by atoms with E-state index in [0.717, 1.165) is 21.3 Å². The third-order valence-corrected chi connectivity index (χ3v) is 5.35. The number of ether oxygens (including phenoxy) is 2. The van der Waals surface area contributed by atoms with Gasteiger partial charge in [0.2, 0.25) is 0 Å². The number of halogens is 4. The number of hydrogen-bond acceptors (Lipinski definition) is 3. The minimum atomic E-state index is 0.382. The lowest BCUT2D eigenvalue weighted by molar-refractivity contribution is 0.282. The van der Waals surface area contributed by atoms with E-state index in [1.807, 2.05) is 42.5 Å². The van der Waals surface area contributed by atoms with Crippen LogP contribution < -0.4 is 14.8 Å². The van der Waals surface area contributed by atoms with Gasteiger partial charge in [0, 0.05) is 16.6 Å². The lowest BCUT2D eigenvalue weighted by Crippen LogP contribution is -2.03. The van der Waals surface area contributed by atoms with Gasteiger partial charge < -0.3 is 14.8 Å². The molecule has 3 rings (SSSR count). The first kappa shape index (κ1) is 21.1. The Bertz CT molecular complexity index is 982. The second-order valence-corrected chi connectivity index (χ2v) is 8.14. The zero-order chi connectivity index (χ0) is 20.1. The smallest absolute Gasteiger partial charge is 0.175 e. The van der Waals surface area contributed by atoms with Crippen LogP contribution in [-0.2, 0) is 13.2 Å². The first-order valence-corrected chi connectivity index (χ1v) is 10.3. The van der Waals surface area contributed by atoms with E-state index in [0.29, 0.717) is 39.7 Å². The third-order valence-electron chi connectivity index (χ3n) is 3.98. The molecule has 28 heavy (non-hydrogen) atoms. The molecule has 0 saturated carbocycles. The zero-order valence-electron chi connectivity index (χ0n) is 14.9. The maximum absolute atomic E-state index is 6.21. The SMILES string of the molecule is COc1cc(CNc2ccc(Cl)cc2Cl)cc(Br)c1OCc1cccc(Cl)c1. The second kappa shape index (κ2) is 9.75. The van der Waals surface area contributed by atoms with Gasteiger partial charge in [0.05, 0.1) is 22.3 Å². The van der Waals surface area contributed by atoms with Gasteiger partial charge in [-0.2, -0.15) is 0 Å². The van der Waals surface area contributed by atoms with Crippen molar-refractivity contribution in [2.45, 2.75) is 13.2 Å². The van der Waals surface area contributed by atoms with Crippen LogP contribution in [0.15, 0.2) is 59.1 Å². The Hall–Kier alpha value is -1.59. The largest absolute Gasteiger partial charge is 0.493 e. The maximum Gasteiger partial charge on any atom is 0.175 e. The number of nitrogens with one attached hydrogen (secondary N) is 1. The van der Waals surface area contributed by atoms with Crippen LogP contribution in [-0.4, -0.2) is 7.11 Å². The van der Waals surface area contributed by atoms with Crippen LogP contribution in [0.25, 0.3) is 0 Å². The van der Waals surface area contributed by atoms with Gasteiger partial charge in [-0.3, -0.25) is 0 Å². The summed E-state index contributed by atoms with van der Waals surface area (Å²) in [7, 11) is 1.61. The normalized spacial score (nSPS) is 10.6. The summed E-state index contributed by atoms with van der Waals surface area (Å²) < 4.78 is 12.3. The molecule has 0 unspecified atom stereocenters. The number of benzene rings is 3. The van der Waals surface area contributed by atoms with Crippen LogP contribution in [0.2, 0.25) is 15.1 Å². The van der Waals surface area contributed by atoms with E-state index < -0.39 is 0 Å². The van der Waals surface area contributed by atoms with Gasteiger partial charge in [0.25, 0.3) is 0 Å². The molecule has 0 amide bonds. The quantitative estimate of drug-likeness (QED) is 0.361. The minimum absolute atomic E-state index is 0.382. The Morgan fingerprint density at radius 1 is 0.929 bits per heavy atom. The highest BCUT2D eigenvalue weighted by atomic mass is 79.9. The van der Waals surface area contributed by atoms with Crippen LogP contribution in [0.5, 0.6) is 11.5 Å². The molecule has 0 bridgehead atoms. The van der Waals surface area contributed by atoms with Crippen LogP contribution in [0.3, 0.4) is 0 Å². The zero-order valence-corrected chi connectivity index (χ0v) is 18.8. The van der Waals surface area contributed by atoms with E-state index in [2.05, 4.69) is 21.2 Å². The fraction of sp³-hybridized carbons (Fsp3) is 0.143. The summed E-state index contributed by atoms with van der Waals surface area (Å²) in [5.74, 6) is 1.27. The Labute approximate surface area is 187 Å². The monoisotopic (exact) mass is 499 g/mol. The molecular formula is C21H17BrCl3NO2. The van der Waals surface area contributed by atoms with Gasteiger partial charge in [-0.05, 0) is 69.5 Å². The number of hydrogen-bond donors (Lipinski definition) is 1. The van der Waals surface area contributed by atoms with E-state index in [4.69, 9.17) is 44.3 Å². The van der Waals surface area contributed by atoms with E-state index in [1.54, 1.807) is 19.2 Å². The molecule has 3 aromatic rings. The molecule has 3 nitrogen and oxygen atoms in total. The van der Waals surface area contributed by atoms with Crippen molar-refractivity contribution >= 4 is 56.4 Å². The molecule has 0 radical (unpaired) electrons. The van der Waals surface area contributed by atoms with Crippen LogP contribution in [0.1, 0.15) is 11.1 Å². The number of anilines is 1. The lowest BCUT2D eigenvalue weighted by Gasteiger charge is -2.15. The van der Waals surface area contributed by atoms with E-state index in [-0.39, 0.29) is 0 Å². The first-order chi connectivity index (χ1) is 13.5. The average Bonchev–Trinajstić information content (AvgIpc) is 2.66. The Morgan fingerprint density at radius 3 is 2.43 bits per heavy atom. The molecule has 3 aromatic carbocycles. The number of methoxy groups -OCH3 is 1. The lowest BCUT2D eigenvalue weighted by atomic mass is 10.2. The van der Waals surface area contributed by atoms with Crippen molar-refractivity contribution in [3.05, 3.63) is 85.3 Å². The summed E-state index contributed by atoms with van der Waals surface area (Å²) in [6, 6.07) is 16.8. The highest BCUT2D eigenvalue weighted by molar-refractivity contribution is 9.10. The Morgan fingerprint density at radius 2 is 1.71 bits per heavy atom. The summed E-state index contributed by atoms with van der Waals surface area (Å²) in [4.78, 5) is 0. The summed E-state index contributed by atoms with van der Waals surface area (Å²) in [5, 5.41) is 5.14. The molecule has 1 N–H and O–H groups in total. The van der Waals surface area contributed by atoms with Crippen molar-refractivity contribution in [3.63, 3.8) is 0 Å². The summed E-state index contributed by atoms with van der Waals surface area (Å²) in [6.45, 7) is 0.943. The van der Waals surface area contributed by atoms with Gasteiger partial charge >= 0.3 is 0 Å². The van der Waals surface area contributed by atoms with Crippen molar-refractivity contribution in [3.8, 4) is 11.5 Å². The van der Waals surface area contributed by atoms with Gasteiger partial charge in [0.1, 0.15) is 6.61 Å². The molecule has 0 aliphatic carbocycles. The standard InChI is InChI=1S/C21H17BrCl3NO2/c1-27-20-9-14(11-26-19-6-5-16(24)10-18(19)25)8-17(22)21(20)28-12-13-3-2-4-15(23)7-13/h2-10,26H,11-12H2,1H3. The first-order valence-electron chi connectivity index (χ1n) is 8.39. The van der Waals surface area contributed by atoms with E-state index in [9.17, 15) is 0 Å². The van der Waals surface area contributed by atoms with Gasteiger partial charge in [0.15, 0.2) is 11.5 Å². The molecule has 0 spiro atoms. The van der Waals surface area contributed by atoms with E-state index in [1.165, 1.54) is 0 Å². The van der Waals surface area contributed by atoms with Crippen molar-refractivity contribution in [2.75, 3.05) is 12.4 Å². The molecule has 0 aliphatic rings. The molecular weight excluding hydrogens is 484 g/mol. The predicted molar refractivity (Wildman–Crippen MR) is 120 cm³/mol. The summed E-state index contributed by atoms with van der Waals surface area (Å²) >= 11 is 21.8. The Kier molecular flexibility index (Phi) is 7.36. The number of rotatable bonds is 7. The average molecular weight is 502 g/mol. The maximum atomic E-state index is 6.21. The molecule has 0 saturated heterocycles. The highest BCUT2D eigenvalue weighted by Crippen LogP contribution is 2.37. The molecule has 7 heteroatoms. The molecule has 0 aliphatic heterocycles. The van der Waals surface area contributed by atoms with Gasteiger partial charge in [-0.15, -0.1) is 0 Å². The molecule has 0 aromatic heterocycles. The molecule has 0 fully saturated rings. The predicted octanol–water partition coefficient (Wildman–Crippen LogP) is 7.61. The highest BCUT2D eigenvalue weighted by Gasteiger charge is 2.13. The van der Waals surface area contributed by atoms with Crippen molar-refractivity contribution in [1.82, 2.24) is 0 Å². The minimum Gasteiger partial charge on any atom is -0.493 e. The topological polar surface area (TPSA) is 30.5 Å². The third kappa shape index (κ3) is 5.48. The second-order valence-electron chi connectivity index (χ2n) is 6.01. The Balaban J connectivity index is 1.73. The van der Waals surface area contributed by atoms with Gasteiger partial charge in [-0.25, -0.2) is 0 Å². The van der Waals surface area contributed by atoms with Crippen LogP contribution >= 0.6 is 50.7 Å². The van der Waals surface area contributed by atoms with Crippen LogP contribution in [0.4, 0.5) is 5.69 Å². The molecule has 0 atom stereocenters. The van der Waals surface area contributed by atoms with Crippen molar-refractivity contribution in [1.29, 1.82) is 0 Å². The summed E-state index contributed by atoms with van der Waals surface area (Å²) in [5.41, 5.74) is 2.79. The molecule has 0 heterocycles. The summed E-state index contributed by atoms with van der Waals surface area (Å²) in [6.07, 6.45) is 0. The van der Waals surface area contributed by atoms with Crippen molar-refractivity contribution < 1.29 is 9.47 Å². The van der Waals surface area contributed by atoms with Gasteiger partial charge in [-0.1, -0.05) is 46.9 Å². The fourth-order valence-corrected chi connectivity index (χ4v) is 3.92.